The summed E-state index contributed by atoms with van der Waals surface area (Å²) in [6, 6.07) is 2.12. The van der Waals surface area contributed by atoms with E-state index >= 15 is 0 Å². The fourth-order valence-electron chi connectivity index (χ4n) is 2.24. The zero-order chi connectivity index (χ0) is 17.2. The molecule has 1 N–H and O–H groups in total. The van der Waals surface area contributed by atoms with Gasteiger partial charge in [0.15, 0.2) is 0 Å². The van der Waals surface area contributed by atoms with Crippen LogP contribution in [0.1, 0.15) is 36.8 Å². The minimum absolute atomic E-state index is 0.368. The second-order valence-corrected chi connectivity index (χ2v) is 7.19. The van der Waals surface area contributed by atoms with Crippen molar-refractivity contribution >= 4 is 28.5 Å². The number of nitriles is 1. The maximum absolute atomic E-state index is 12.2. The molecule has 1 aromatic heterocycles. The highest BCUT2D eigenvalue weighted by atomic mass is 32.1. The molecule has 0 radical (unpaired) electrons. The molecule has 0 spiro atoms. The van der Waals surface area contributed by atoms with Crippen LogP contribution in [0.3, 0.4) is 0 Å². The largest absolute Gasteiger partial charge is 0.453 e. The third-order valence-electron chi connectivity index (χ3n) is 3.22. The van der Waals surface area contributed by atoms with Crippen LogP contribution in [-0.4, -0.2) is 36.3 Å². The summed E-state index contributed by atoms with van der Waals surface area (Å²) in [5, 5.41) is 12.3. The molecular formula is C15H19N3O4S. The number of hydrogen-bond acceptors (Lipinski definition) is 6. The molecule has 23 heavy (non-hydrogen) atoms. The molecule has 0 unspecified atom stereocenters. The van der Waals surface area contributed by atoms with Gasteiger partial charge in [-0.25, -0.2) is 9.59 Å². The third-order valence-corrected chi connectivity index (χ3v) is 4.35. The normalized spacial score (nSPS) is 13.8. The number of carbonyl (C=O) groups is 2. The fraction of sp³-hybridized carbons (Fsp3) is 0.533. The number of nitrogens with zero attached hydrogens (tertiary/aromatic N) is 2. The number of thiophene rings is 1. The van der Waals surface area contributed by atoms with Gasteiger partial charge in [0.25, 0.3) is 0 Å². The van der Waals surface area contributed by atoms with E-state index in [0.29, 0.717) is 30.1 Å². The van der Waals surface area contributed by atoms with Crippen LogP contribution >= 0.6 is 11.3 Å². The smallest absolute Gasteiger partial charge is 0.411 e. The number of methoxy groups -OCH3 is 1. The van der Waals surface area contributed by atoms with Gasteiger partial charge in [-0.1, -0.05) is 0 Å². The summed E-state index contributed by atoms with van der Waals surface area (Å²) in [7, 11) is 1.26. The Balaban J connectivity index is 2.20. The van der Waals surface area contributed by atoms with Gasteiger partial charge in [0.05, 0.1) is 19.2 Å². The Morgan fingerprint density at radius 1 is 1.39 bits per heavy atom. The second-order valence-electron chi connectivity index (χ2n) is 6.09. The maximum atomic E-state index is 12.2. The first-order valence-corrected chi connectivity index (χ1v) is 7.94. The van der Waals surface area contributed by atoms with Crippen LogP contribution in [0.2, 0.25) is 0 Å². The monoisotopic (exact) mass is 337 g/mol. The Hall–Kier alpha value is -2.27. The average molecular weight is 337 g/mol. The first kappa shape index (κ1) is 17.1. The molecule has 2 amide bonds. The van der Waals surface area contributed by atoms with Gasteiger partial charge in [0.2, 0.25) is 0 Å². The van der Waals surface area contributed by atoms with Crippen molar-refractivity contribution in [3.05, 3.63) is 16.0 Å². The molecule has 0 aliphatic carbocycles. The van der Waals surface area contributed by atoms with E-state index in [9.17, 15) is 14.9 Å². The van der Waals surface area contributed by atoms with Crippen molar-refractivity contribution in [2.24, 2.45) is 0 Å². The lowest BCUT2D eigenvalue weighted by Gasteiger charge is -2.29. The molecule has 0 bridgehead atoms. The van der Waals surface area contributed by atoms with Crippen molar-refractivity contribution in [1.29, 1.82) is 5.26 Å². The van der Waals surface area contributed by atoms with Crippen molar-refractivity contribution in [2.45, 2.75) is 39.3 Å². The minimum Gasteiger partial charge on any atom is -0.453 e. The van der Waals surface area contributed by atoms with Crippen LogP contribution in [0.5, 0.6) is 0 Å². The number of nitrogens with one attached hydrogen (secondary N) is 1. The topological polar surface area (TPSA) is 91.7 Å². The predicted molar refractivity (Wildman–Crippen MR) is 85.4 cm³/mol. The van der Waals surface area contributed by atoms with Crippen LogP contribution in [0.15, 0.2) is 0 Å². The second kappa shape index (κ2) is 6.46. The maximum Gasteiger partial charge on any atom is 0.411 e. The van der Waals surface area contributed by atoms with Crippen LogP contribution in [-0.2, 0) is 22.4 Å². The average Bonchev–Trinajstić information content (AvgIpc) is 2.81. The zero-order valence-corrected chi connectivity index (χ0v) is 14.4. The molecule has 0 aromatic carbocycles. The van der Waals surface area contributed by atoms with Crippen molar-refractivity contribution in [3.63, 3.8) is 0 Å². The van der Waals surface area contributed by atoms with Gasteiger partial charge in [-0.15, -0.1) is 11.3 Å². The van der Waals surface area contributed by atoms with E-state index in [-0.39, 0.29) is 6.09 Å². The van der Waals surface area contributed by atoms with Gasteiger partial charge in [0, 0.05) is 11.4 Å². The lowest BCUT2D eigenvalue weighted by atomic mass is 10.0. The molecule has 0 fully saturated rings. The molecule has 2 rings (SSSR count). The van der Waals surface area contributed by atoms with Gasteiger partial charge in [0.1, 0.15) is 16.7 Å². The number of amides is 2. The number of carbonyl (C=O) groups excluding carboxylic acids is 2. The van der Waals surface area contributed by atoms with Crippen LogP contribution < -0.4 is 5.32 Å². The number of rotatable bonds is 1. The molecule has 7 nitrogen and oxygen atoms in total. The van der Waals surface area contributed by atoms with Gasteiger partial charge in [-0.3, -0.25) is 5.32 Å². The van der Waals surface area contributed by atoms with Gasteiger partial charge < -0.3 is 14.4 Å². The van der Waals surface area contributed by atoms with Crippen molar-refractivity contribution in [3.8, 4) is 6.07 Å². The summed E-state index contributed by atoms with van der Waals surface area (Å²) in [6.07, 6.45) is -0.446. The fourth-order valence-corrected chi connectivity index (χ4v) is 3.44. The quantitative estimate of drug-likeness (QED) is 0.850. The summed E-state index contributed by atoms with van der Waals surface area (Å²) in [4.78, 5) is 26.0. The van der Waals surface area contributed by atoms with E-state index in [1.54, 1.807) is 4.90 Å². The first-order valence-electron chi connectivity index (χ1n) is 7.12. The summed E-state index contributed by atoms with van der Waals surface area (Å²) >= 11 is 1.29. The van der Waals surface area contributed by atoms with Gasteiger partial charge in [-0.2, -0.15) is 5.26 Å². The number of anilines is 1. The molecule has 124 valence electrons. The van der Waals surface area contributed by atoms with E-state index in [2.05, 4.69) is 16.1 Å². The number of ether oxygens (including phenoxy) is 2. The molecule has 0 atom stereocenters. The lowest BCUT2D eigenvalue weighted by Crippen LogP contribution is -2.39. The van der Waals surface area contributed by atoms with Crippen LogP contribution in [0, 0.1) is 11.3 Å². The highest BCUT2D eigenvalue weighted by Gasteiger charge is 2.30. The van der Waals surface area contributed by atoms with E-state index in [0.717, 1.165) is 10.4 Å². The Bertz CT molecular complexity index is 669. The molecule has 0 saturated carbocycles. The summed E-state index contributed by atoms with van der Waals surface area (Å²) < 4.78 is 9.94. The van der Waals surface area contributed by atoms with Gasteiger partial charge >= 0.3 is 12.2 Å². The van der Waals surface area contributed by atoms with Crippen molar-refractivity contribution < 1.29 is 19.1 Å². The minimum atomic E-state index is -0.621. The Morgan fingerprint density at radius 3 is 2.65 bits per heavy atom. The third kappa shape index (κ3) is 3.93. The highest BCUT2D eigenvalue weighted by Crippen LogP contribution is 2.37. The van der Waals surface area contributed by atoms with E-state index in [4.69, 9.17) is 4.74 Å². The molecule has 0 saturated heterocycles. The summed E-state index contributed by atoms with van der Waals surface area (Å²) in [5.41, 5.74) is 0.769. The summed E-state index contributed by atoms with van der Waals surface area (Å²) in [6.45, 7) is 6.30. The van der Waals surface area contributed by atoms with Crippen molar-refractivity contribution in [1.82, 2.24) is 4.90 Å². The van der Waals surface area contributed by atoms with Crippen molar-refractivity contribution in [2.75, 3.05) is 19.0 Å². The Labute approximate surface area is 138 Å². The van der Waals surface area contributed by atoms with E-state index in [1.807, 2.05) is 20.8 Å². The SMILES string of the molecule is COC(=O)Nc1sc2c(c1C#N)CCN(C(=O)OC(C)(C)C)C2. The first-order chi connectivity index (χ1) is 10.7. The molecule has 8 heteroatoms. The summed E-state index contributed by atoms with van der Waals surface area (Å²) in [5.74, 6) is 0. The molecule has 1 aliphatic heterocycles. The Morgan fingerprint density at radius 2 is 2.09 bits per heavy atom. The number of hydrogen-bond donors (Lipinski definition) is 1. The molecular weight excluding hydrogens is 318 g/mol. The zero-order valence-electron chi connectivity index (χ0n) is 13.6. The predicted octanol–water partition coefficient (Wildman–Crippen LogP) is 3.09. The standard InChI is InChI=1S/C15H19N3O4S/c1-15(2,3)22-14(20)18-6-5-9-10(7-16)12(17-13(19)21-4)23-11(9)8-18/h5-6,8H2,1-4H3,(H,17,19). The van der Waals surface area contributed by atoms with Gasteiger partial charge in [-0.05, 0) is 32.8 Å². The van der Waals surface area contributed by atoms with E-state index < -0.39 is 11.7 Å². The van der Waals surface area contributed by atoms with E-state index in [1.165, 1.54) is 18.4 Å². The molecule has 1 aromatic rings. The Kier molecular flexibility index (Phi) is 4.80. The van der Waals surface area contributed by atoms with Crippen LogP contribution in [0.25, 0.3) is 0 Å². The highest BCUT2D eigenvalue weighted by molar-refractivity contribution is 7.16. The molecule has 2 heterocycles. The molecule has 1 aliphatic rings. The van der Waals surface area contributed by atoms with Crippen LogP contribution in [0.4, 0.5) is 14.6 Å². The lowest BCUT2D eigenvalue weighted by molar-refractivity contribution is 0.0226. The number of fused-ring (bicyclic) bond motifs is 1.